The van der Waals surface area contributed by atoms with Gasteiger partial charge in [-0.3, -0.25) is 4.79 Å². The molecule has 0 radical (unpaired) electrons. The number of amides is 2. The number of nitrogens with one attached hydrogen (secondary N) is 2. The molecule has 1 aromatic carbocycles. The highest BCUT2D eigenvalue weighted by molar-refractivity contribution is 6.30. The van der Waals surface area contributed by atoms with Crippen LogP contribution in [-0.4, -0.2) is 23.1 Å². The fourth-order valence-electron chi connectivity index (χ4n) is 2.27. The smallest absolute Gasteiger partial charge is 0.319 e. The van der Waals surface area contributed by atoms with Gasteiger partial charge in [0.1, 0.15) is 5.82 Å². The Morgan fingerprint density at radius 2 is 2.10 bits per heavy atom. The summed E-state index contributed by atoms with van der Waals surface area (Å²) in [6, 6.07) is 3.08. The maximum Gasteiger partial charge on any atom is 0.319 e. The molecule has 2 atom stereocenters. The third-order valence-corrected chi connectivity index (χ3v) is 3.53. The Morgan fingerprint density at radius 1 is 1.35 bits per heavy atom. The van der Waals surface area contributed by atoms with Crippen LogP contribution in [0.5, 0.6) is 0 Å². The van der Waals surface area contributed by atoms with Gasteiger partial charge < -0.3 is 15.7 Å². The van der Waals surface area contributed by atoms with Gasteiger partial charge in [0.2, 0.25) is 0 Å². The monoisotopic (exact) mass is 300 g/mol. The Morgan fingerprint density at radius 3 is 2.75 bits per heavy atom. The number of carboxylic acids is 1. The predicted molar refractivity (Wildman–Crippen MR) is 72.3 cm³/mol. The van der Waals surface area contributed by atoms with E-state index in [2.05, 4.69) is 10.6 Å². The van der Waals surface area contributed by atoms with E-state index in [1.54, 1.807) is 0 Å². The molecule has 2 rings (SSSR count). The molecular weight excluding hydrogens is 287 g/mol. The molecule has 1 aromatic rings. The van der Waals surface area contributed by atoms with E-state index in [-0.39, 0.29) is 11.7 Å². The summed E-state index contributed by atoms with van der Waals surface area (Å²) >= 11 is 5.72. The van der Waals surface area contributed by atoms with Crippen molar-refractivity contribution >= 4 is 29.3 Å². The lowest BCUT2D eigenvalue weighted by atomic mass is 10.1. The lowest BCUT2D eigenvalue weighted by Crippen LogP contribution is -2.36. The van der Waals surface area contributed by atoms with Gasteiger partial charge in [0.25, 0.3) is 0 Å². The van der Waals surface area contributed by atoms with Crippen LogP contribution in [0.3, 0.4) is 0 Å². The van der Waals surface area contributed by atoms with Crippen molar-refractivity contribution in [1.29, 1.82) is 0 Å². The van der Waals surface area contributed by atoms with E-state index < -0.39 is 23.7 Å². The molecule has 2 amide bonds. The van der Waals surface area contributed by atoms with Gasteiger partial charge in [0.05, 0.1) is 11.6 Å². The molecule has 1 saturated carbocycles. The number of rotatable bonds is 3. The standard InChI is InChI=1S/C13H14ClFN2O3/c14-8-2-4-10(15)11(6-8)17-13(20)16-9-3-1-7(5-9)12(18)19/h2,4,6-7,9H,1,3,5H2,(H,18,19)(H2,16,17,20). The minimum Gasteiger partial charge on any atom is -0.481 e. The Bertz CT molecular complexity index is 538. The van der Waals surface area contributed by atoms with Crippen molar-refractivity contribution in [3.8, 4) is 0 Å². The number of carbonyl (C=O) groups excluding carboxylic acids is 1. The van der Waals surface area contributed by atoms with Gasteiger partial charge in [-0.1, -0.05) is 11.6 Å². The summed E-state index contributed by atoms with van der Waals surface area (Å²) in [4.78, 5) is 22.5. The molecule has 3 N–H and O–H groups in total. The number of hydrogen-bond acceptors (Lipinski definition) is 2. The molecule has 0 heterocycles. The van der Waals surface area contributed by atoms with Gasteiger partial charge in [-0.25, -0.2) is 9.18 Å². The molecule has 1 aliphatic rings. The predicted octanol–water partition coefficient (Wildman–Crippen LogP) is 2.85. The number of anilines is 1. The molecule has 0 saturated heterocycles. The topological polar surface area (TPSA) is 78.4 Å². The Hall–Kier alpha value is -1.82. The van der Waals surface area contributed by atoms with E-state index >= 15 is 0 Å². The van der Waals surface area contributed by atoms with Crippen molar-refractivity contribution in [3.63, 3.8) is 0 Å². The summed E-state index contributed by atoms with van der Waals surface area (Å²) in [5.41, 5.74) is -0.0113. The quantitative estimate of drug-likeness (QED) is 0.803. The normalized spacial score (nSPS) is 21.5. The van der Waals surface area contributed by atoms with E-state index in [0.717, 1.165) is 6.07 Å². The highest BCUT2D eigenvalue weighted by Crippen LogP contribution is 2.26. The number of hydrogen-bond donors (Lipinski definition) is 3. The van der Waals surface area contributed by atoms with Crippen LogP contribution >= 0.6 is 11.6 Å². The first-order valence-corrected chi connectivity index (χ1v) is 6.59. The minimum atomic E-state index is -0.851. The van der Waals surface area contributed by atoms with Gasteiger partial charge >= 0.3 is 12.0 Å². The van der Waals surface area contributed by atoms with Gasteiger partial charge in [-0.2, -0.15) is 0 Å². The average Bonchev–Trinajstić information content (AvgIpc) is 2.82. The largest absolute Gasteiger partial charge is 0.481 e. The first-order chi connectivity index (χ1) is 9.45. The summed E-state index contributed by atoms with van der Waals surface area (Å²) < 4.78 is 13.4. The lowest BCUT2D eigenvalue weighted by molar-refractivity contribution is -0.141. The average molecular weight is 301 g/mol. The van der Waals surface area contributed by atoms with Crippen LogP contribution in [0, 0.1) is 11.7 Å². The van der Waals surface area contributed by atoms with Gasteiger partial charge in [0.15, 0.2) is 0 Å². The van der Waals surface area contributed by atoms with E-state index in [1.807, 2.05) is 0 Å². The molecule has 7 heteroatoms. The fourth-order valence-corrected chi connectivity index (χ4v) is 2.45. The van der Waals surface area contributed by atoms with Crippen LogP contribution in [-0.2, 0) is 4.79 Å². The summed E-state index contributed by atoms with van der Waals surface area (Å²) in [5.74, 6) is -1.86. The molecular formula is C13H14ClFN2O3. The van der Waals surface area contributed by atoms with E-state index in [0.29, 0.717) is 24.3 Å². The Balaban J connectivity index is 1.90. The third-order valence-electron chi connectivity index (χ3n) is 3.29. The highest BCUT2D eigenvalue weighted by Gasteiger charge is 2.30. The molecule has 0 aromatic heterocycles. The third kappa shape index (κ3) is 3.60. The molecule has 108 valence electrons. The second-order valence-electron chi connectivity index (χ2n) is 4.77. The molecule has 0 bridgehead atoms. The van der Waals surface area contributed by atoms with Crippen LogP contribution in [0.2, 0.25) is 5.02 Å². The molecule has 20 heavy (non-hydrogen) atoms. The van der Waals surface area contributed by atoms with Crippen LogP contribution in [0.4, 0.5) is 14.9 Å². The summed E-state index contributed by atoms with van der Waals surface area (Å²) in [5, 5.41) is 14.2. The number of aliphatic carboxylic acids is 1. The number of carbonyl (C=O) groups is 2. The second kappa shape index (κ2) is 6.09. The van der Waals surface area contributed by atoms with Crippen molar-refractivity contribution in [3.05, 3.63) is 29.0 Å². The van der Waals surface area contributed by atoms with Crippen molar-refractivity contribution in [2.45, 2.75) is 25.3 Å². The maximum atomic E-state index is 13.4. The van der Waals surface area contributed by atoms with Crippen molar-refractivity contribution in [2.75, 3.05) is 5.32 Å². The maximum absolute atomic E-state index is 13.4. The second-order valence-corrected chi connectivity index (χ2v) is 5.20. The van der Waals surface area contributed by atoms with Crippen LogP contribution in [0.1, 0.15) is 19.3 Å². The molecule has 0 aliphatic heterocycles. The number of benzene rings is 1. The van der Waals surface area contributed by atoms with E-state index in [1.165, 1.54) is 12.1 Å². The molecule has 0 spiro atoms. The number of urea groups is 1. The molecule has 1 fully saturated rings. The molecule has 2 unspecified atom stereocenters. The zero-order valence-corrected chi connectivity index (χ0v) is 11.3. The highest BCUT2D eigenvalue weighted by atomic mass is 35.5. The van der Waals surface area contributed by atoms with Crippen molar-refractivity contribution in [1.82, 2.24) is 5.32 Å². The Labute approximate surface area is 120 Å². The minimum absolute atomic E-state index is 0.0113. The van der Waals surface area contributed by atoms with Crippen molar-refractivity contribution < 1.29 is 19.1 Å². The van der Waals surface area contributed by atoms with Crippen molar-refractivity contribution in [2.24, 2.45) is 5.92 Å². The molecule has 1 aliphatic carbocycles. The van der Waals surface area contributed by atoms with E-state index in [9.17, 15) is 14.0 Å². The Kier molecular flexibility index (Phi) is 4.44. The summed E-state index contributed by atoms with van der Waals surface area (Å²) in [7, 11) is 0. The van der Waals surface area contributed by atoms with Crippen LogP contribution < -0.4 is 10.6 Å². The van der Waals surface area contributed by atoms with Gasteiger partial charge in [0, 0.05) is 11.1 Å². The van der Waals surface area contributed by atoms with E-state index in [4.69, 9.17) is 16.7 Å². The SMILES string of the molecule is O=C(Nc1cc(Cl)ccc1F)NC1CCC(C(=O)O)C1. The summed E-state index contributed by atoms with van der Waals surface area (Å²) in [6.07, 6.45) is 1.52. The first kappa shape index (κ1) is 14.6. The summed E-state index contributed by atoms with van der Waals surface area (Å²) in [6.45, 7) is 0. The van der Waals surface area contributed by atoms with Crippen LogP contribution in [0.25, 0.3) is 0 Å². The fraction of sp³-hybridized carbons (Fsp3) is 0.385. The first-order valence-electron chi connectivity index (χ1n) is 6.21. The van der Waals surface area contributed by atoms with Crippen LogP contribution in [0.15, 0.2) is 18.2 Å². The molecule has 5 nitrogen and oxygen atoms in total. The zero-order chi connectivity index (χ0) is 14.7. The van der Waals surface area contributed by atoms with Gasteiger partial charge in [-0.15, -0.1) is 0 Å². The lowest BCUT2D eigenvalue weighted by Gasteiger charge is -2.14. The number of halogens is 2. The number of carboxylic acid groups (broad SMARTS) is 1. The zero-order valence-electron chi connectivity index (χ0n) is 10.5. The van der Waals surface area contributed by atoms with Gasteiger partial charge in [-0.05, 0) is 37.5 Å².